The lowest BCUT2D eigenvalue weighted by Crippen LogP contribution is -2.41. The fraction of sp³-hybridized carbons (Fsp3) is 0.357. The molecule has 7 heteroatoms. The van der Waals surface area contributed by atoms with Gasteiger partial charge in [0.25, 0.3) is 0 Å². The molecule has 2 N–H and O–H groups in total. The van der Waals surface area contributed by atoms with E-state index in [1.165, 1.54) is 6.20 Å². The fourth-order valence-electron chi connectivity index (χ4n) is 1.93. The van der Waals surface area contributed by atoms with Crippen molar-refractivity contribution in [2.45, 2.75) is 19.9 Å². The zero-order valence-electron chi connectivity index (χ0n) is 11.9. The number of nitrogens with zero attached hydrogens (tertiary/aromatic N) is 2. The minimum absolute atomic E-state index is 0.0207. The van der Waals surface area contributed by atoms with Crippen LogP contribution >= 0.6 is 0 Å². The number of likely N-dealkylation sites (N-methyl/N-ethyl adjacent to an activating group) is 1. The van der Waals surface area contributed by atoms with E-state index in [-0.39, 0.29) is 22.9 Å². The van der Waals surface area contributed by atoms with E-state index < -0.39 is 17.7 Å². The molecule has 2 aromatic rings. The number of halogens is 2. The summed E-state index contributed by atoms with van der Waals surface area (Å²) in [7, 11) is 1.55. The Hall–Kier alpha value is -2.31. The van der Waals surface area contributed by atoms with Gasteiger partial charge in [-0.1, -0.05) is 13.8 Å². The highest BCUT2D eigenvalue weighted by molar-refractivity contribution is 5.84. The molecule has 0 aliphatic heterocycles. The van der Waals surface area contributed by atoms with E-state index in [2.05, 4.69) is 20.6 Å². The van der Waals surface area contributed by atoms with Gasteiger partial charge in [0, 0.05) is 19.2 Å². The molecular formula is C14H16F2N4O. The van der Waals surface area contributed by atoms with Crippen LogP contribution in [-0.2, 0) is 4.79 Å². The monoisotopic (exact) mass is 294 g/mol. The number of fused-ring (bicyclic) bond motifs is 1. The summed E-state index contributed by atoms with van der Waals surface area (Å²) >= 11 is 0. The van der Waals surface area contributed by atoms with Gasteiger partial charge in [-0.3, -0.25) is 9.78 Å². The van der Waals surface area contributed by atoms with Crippen molar-refractivity contribution in [1.82, 2.24) is 15.3 Å². The Morgan fingerprint density at radius 3 is 2.38 bits per heavy atom. The second-order valence-electron chi connectivity index (χ2n) is 4.99. The molecule has 0 saturated heterocycles. The number of benzene rings is 1. The lowest BCUT2D eigenvalue weighted by Gasteiger charge is -2.21. The van der Waals surface area contributed by atoms with Gasteiger partial charge in [0.05, 0.1) is 17.2 Å². The maximum atomic E-state index is 13.2. The molecule has 0 saturated carbocycles. The molecule has 0 bridgehead atoms. The number of aromatic nitrogens is 2. The van der Waals surface area contributed by atoms with Crippen LogP contribution in [-0.4, -0.2) is 29.0 Å². The second kappa shape index (κ2) is 5.99. The maximum Gasteiger partial charge on any atom is 0.242 e. The van der Waals surface area contributed by atoms with Crippen LogP contribution < -0.4 is 10.6 Å². The first-order valence-corrected chi connectivity index (χ1v) is 6.52. The first-order valence-electron chi connectivity index (χ1n) is 6.52. The molecule has 2 rings (SSSR count). The van der Waals surface area contributed by atoms with E-state index >= 15 is 0 Å². The molecule has 0 spiro atoms. The van der Waals surface area contributed by atoms with Gasteiger partial charge in [-0.05, 0) is 5.92 Å². The normalized spacial score (nSPS) is 12.5. The number of anilines is 1. The standard InChI is InChI=1S/C14H16F2N4O/c1-7(2)13(14(21)17-3)20-12-6-18-10-4-8(15)9(16)5-11(10)19-12/h4-7,13H,1-3H3,(H,17,21)(H,19,20). The van der Waals surface area contributed by atoms with Crippen LogP contribution in [0.2, 0.25) is 0 Å². The summed E-state index contributed by atoms with van der Waals surface area (Å²) in [5.41, 5.74) is 0.471. The minimum atomic E-state index is -0.985. The van der Waals surface area contributed by atoms with Crippen molar-refractivity contribution in [1.29, 1.82) is 0 Å². The first-order chi connectivity index (χ1) is 9.92. The van der Waals surface area contributed by atoms with Gasteiger partial charge in [0.1, 0.15) is 11.9 Å². The van der Waals surface area contributed by atoms with E-state index in [1.54, 1.807) is 7.05 Å². The topological polar surface area (TPSA) is 66.9 Å². The van der Waals surface area contributed by atoms with Crippen molar-refractivity contribution in [2.75, 3.05) is 12.4 Å². The van der Waals surface area contributed by atoms with Gasteiger partial charge in [0.2, 0.25) is 5.91 Å². The Bertz CT molecular complexity index is 675. The fourth-order valence-corrected chi connectivity index (χ4v) is 1.93. The average Bonchev–Trinajstić information content (AvgIpc) is 2.45. The predicted molar refractivity (Wildman–Crippen MR) is 75.8 cm³/mol. The Labute approximate surface area is 120 Å². The average molecular weight is 294 g/mol. The lowest BCUT2D eigenvalue weighted by atomic mass is 10.0. The molecule has 0 fully saturated rings. The molecule has 1 unspecified atom stereocenters. The lowest BCUT2D eigenvalue weighted by molar-refractivity contribution is -0.122. The SMILES string of the molecule is CNC(=O)C(Nc1cnc2cc(F)c(F)cc2n1)C(C)C. The van der Waals surface area contributed by atoms with Crippen molar-refractivity contribution >= 4 is 22.8 Å². The Balaban J connectivity index is 2.34. The third-order valence-corrected chi connectivity index (χ3v) is 3.08. The molecule has 1 amide bonds. The number of carbonyl (C=O) groups excluding carboxylic acids is 1. The summed E-state index contributed by atoms with van der Waals surface area (Å²) in [6, 6.07) is 1.47. The quantitative estimate of drug-likeness (QED) is 0.906. The zero-order valence-corrected chi connectivity index (χ0v) is 11.9. The van der Waals surface area contributed by atoms with Crippen molar-refractivity contribution < 1.29 is 13.6 Å². The van der Waals surface area contributed by atoms with Crippen molar-refractivity contribution in [3.63, 3.8) is 0 Å². The highest BCUT2D eigenvalue weighted by atomic mass is 19.2. The van der Waals surface area contributed by atoms with E-state index in [0.717, 1.165) is 12.1 Å². The van der Waals surface area contributed by atoms with Crippen LogP contribution in [0.5, 0.6) is 0 Å². The van der Waals surface area contributed by atoms with E-state index in [0.29, 0.717) is 5.82 Å². The number of hydrogen-bond acceptors (Lipinski definition) is 4. The highest BCUT2D eigenvalue weighted by Gasteiger charge is 2.21. The molecular weight excluding hydrogens is 278 g/mol. The largest absolute Gasteiger partial charge is 0.357 e. The van der Waals surface area contributed by atoms with Crippen LogP contribution in [0.4, 0.5) is 14.6 Å². The molecule has 1 aromatic heterocycles. The van der Waals surface area contributed by atoms with Crippen LogP contribution in [0.15, 0.2) is 18.3 Å². The predicted octanol–water partition coefficient (Wildman–Crippen LogP) is 2.09. The Kier molecular flexibility index (Phi) is 4.30. The number of amides is 1. The van der Waals surface area contributed by atoms with Crippen molar-refractivity contribution in [3.05, 3.63) is 30.0 Å². The third-order valence-electron chi connectivity index (χ3n) is 3.08. The van der Waals surface area contributed by atoms with E-state index in [1.807, 2.05) is 13.8 Å². The van der Waals surface area contributed by atoms with Gasteiger partial charge in [-0.2, -0.15) is 0 Å². The van der Waals surface area contributed by atoms with Gasteiger partial charge < -0.3 is 10.6 Å². The van der Waals surface area contributed by atoms with Crippen LogP contribution in [0.1, 0.15) is 13.8 Å². The summed E-state index contributed by atoms with van der Waals surface area (Å²) < 4.78 is 26.3. The third kappa shape index (κ3) is 3.24. The van der Waals surface area contributed by atoms with Gasteiger partial charge in [0.15, 0.2) is 11.6 Å². The minimum Gasteiger partial charge on any atom is -0.357 e. The summed E-state index contributed by atoms with van der Waals surface area (Å²) in [6.07, 6.45) is 1.39. The van der Waals surface area contributed by atoms with E-state index in [4.69, 9.17) is 0 Å². The van der Waals surface area contributed by atoms with Crippen LogP contribution in [0.3, 0.4) is 0 Å². The first kappa shape index (κ1) is 15.1. The molecule has 112 valence electrons. The van der Waals surface area contributed by atoms with Crippen molar-refractivity contribution in [3.8, 4) is 0 Å². The molecule has 0 radical (unpaired) electrons. The molecule has 5 nitrogen and oxygen atoms in total. The van der Waals surface area contributed by atoms with Crippen LogP contribution in [0, 0.1) is 17.6 Å². The number of rotatable bonds is 4. The summed E-state index contributed by atoms with van der Waals surface area (Å²) in [5, 5.41) is 5.51. The number of carbonyl (C=O) groups is 1. The van der Waals surface area contributed by atoms with Crippen LogP contribution in [0.25, 0.3) is 11.0 Å². The van der Waals surface area contributed by atoms with Gasteiger partial charge in [-0.15, -0.1) is 0 Å². The maximum absolute atomic E-state index is 13.2. The van der Waals surface area contributed by atoms with Crippen molar-refractivity contribution in [2.24, 2.45) is 5.92 Å². The zero-order chi connectivity index (χ0) is 15.6. The molecule has 21 heavy (non-hydrogen) atoms. The Morgan fingerprint density at radius 2 is 1.81 bits per heavy atom. The molecule has 1 atom stereocenters. The molecule has 1 aromatic carbocycles. The van der Waals surface area contributed by atoms with Gasteiger partial charge >= 0.3 is 0 Å². The summed E-state index contributed by atoms with van der Waals surface area (Å²) in [5.74, 6) is -1.79. The number of nitrogens with one attached hydrogen (secondary N) is 2. The molecule has 1 heterocycles. The second-order valence-corrected chi connectivity index (χ2v) is 4.99. The number of hydrogen-bond donors (Lipinski definition) is 2. The summed E-state index contributed by atoms with van der Waals surface area (Å²) in [6.45, 7) is 3.77. The molecule has 0 aliphatic rings. The van der Waals surface area contributed by atoms with E-state index in [9.17, 15) is 13.6 Å². The Morgan fingerprint density at radius 1 is 1.19 bits per heavy atom. The molecule has 0 aliphatic carbocycles. The summed E-state index contributed by atoms with van der Waals surface area (Å²) in [4.78, 5) is 20.0. The van der Waals surface area contributed by atoms with Gasteiger partial charge in [-0.25, -0.2) is 13.8 Å². The highest BCUT2D eigenvalue weighted by Crippen LogP contribution is 2.18. The smallest absolute Gasteiger partial charge is 0.242 e.